The van der Waals surface area contributed by atoms with Crippen LogP contribution in [-0.2, 0) is 4.74 Å². The van der Waals surface area contributed by atoms with E-state index in [0.29, 0.717) is 6.10 Å². The molecular weight excluding hydrogens is 208 g/mol. The molecule has 0 aromatic heterocycles. The molecule has 0 saturated heterocycles. The number of hydrogen-bond acceptors (Lipinski definition) is 1. The number of ether oxygens (including phenoxy) is 1. The fourth-order valence-corrected chi connectivity index (χ4v) is 2.33. The summed E-state index contributed by atoms with van der Waals surface area (Å²) in [6, 6.07) is 0. The van der Waals surface area contributed by atoms with E-state index < -0.39 is 0 Å². The topological polar surface area (TPSA) is 9.23 Å². The highest BCUT2D eigenvalue weighted by atomic mass is 16.5. The highest BCUT2D eigenvalue weighted by Crippen LogP contribution is 2.15. The molecule has 0 aliphatic rings. The zero-order chi connectivity index (χ0) is 12.8. The Labute approximate surface area is 109 Å². The third-order valence-corrected chi connectivity index (χ3v) is 3.59. The molecule has 0 aromatic carbocycles. The van der Waals surface area contributed by atoms with E-state index in [1.807, 2.05) is 7.11 Å². The van der Waals surface area contributed by atoms with Crippen LogP contribution in [0.4, 0.5) is 0 Å². The van der Waals surface area contributed by atoms with Gasteiger partial charge < -0.3 is 4.74 Å². The molecule has 0 radical (unpaired) electrons. The van der Waals surface area contributed by atoms with E-state index >= 15 is 0 Å². The maximum Gasteiger partial charge on any atom is 0.0571 e. The van der Waals surface area contributed by atoms with Crippen LogP contribution >= 0.6 is 0 Å². The van der Waals surface area contributed by atoms with Gasteiger partial charge in [0, 0.05) is 7.11 Å². The monoisotopic (exact) mass is 242 g/mol. The predicted octanol–water partition coefficient (Wildman–Crippen LogP) is 5.72. The third kappa shape index (κ3) is 12.2. The molecule has 0 fully saturated rings. The number of rotatable bonds is 13. The summed E-state index contributed by atoms with van der Waals surface area (Å²) in [5.41, 5.74) is 0. The SMILES string of the molecule is CCCCCCCCC(CCCCCC)OC. The molecular formula is C16H34O. The summed E-state index contributed by atoms with van der Waals surface area (Å²) in [7, 11) is 1.88. The van der Waals surface area contributed by atoms with Crippen LogP contribution in [0, 0.1) is 0 Å². The lowest BCUT2D eigenvalue weighted by Crippen LogP contribution is -2.10. The average molecular weight is 242 g/mol. The average Bonchev–Trinajstić information content (AvgIpc) is 2.36. The van der Waals surface area contributed by atoms with E-state index in [4.69, 9.17) is 4.74 Å². The van der Waals surface area contributed by atoms with Gasteiger partial charge in [-0.15, -0.1) is 0 Å². The molecule has 0 amide bonds. The van der Waals surface area contributed by atoms with Crippen LogP contribution in [-0.4, -0.2) is 13.2 Å². The predicted molar refractivity (Wildman–Crippen MR) is 77.5 cm³/mol. The van der Waals surface area contributed by atoms with Crippen LogP contribution in [0.15, 0.2) is 0 Å². The highest BCUT2D eigenvalue weighted by molar-refractivity contribution is 4.59. The first kappa shape index (κ1) is 17.0. The van der Waals surface area contributed by atoms with Crippen molar-refractivity contribution in [1.82, 2.24) is 0 Å². The van der Waals surface area contributed by atoms with Crippen molar-refractivity contribution in [2.75, 3.05) is 7.11 Å². The van der Waals surface area contributed by atoms with Crippen molar-refractivity contribution >= 4 is 0 Å². The van der Waals surface area contributed by atoms with Crippen LogP contribution in [0.3, 0.4) is 0 Å². The van der Waals surface area contributed by atoms with Crippen LogP contribution in [0.25, 0.3) is 0 Å². The van der Waals surface area contributed by atoms with Crippen molar-refractivity contribution in [2.45, 2.75) is 97.0 Å². The van der Waals surface area contributed by atoms with E-state index in [0.717, 1.165) is 0 Å². The molecule has 104 valence electrons. The summed E-state index contributed by atoms with van der Waals surface area (Å²) in [4.78, 5) is 0. The number of hydrogen-bond donors (Lipinski definition) is 0. The van der Waals surface area contributed by atoms with Crippen LogP contribution in [0.1, 0.15) is 90.9 Å². The molecule has 1 heteroatoms. The summed E-state index contributed by atoms with van der Waals surface area (Å²) in [5, 5.41) is 0. The van der Waals surface area contributed by atoms with Crippen molar-refractivity contribution in [2.24, 2.45) is 0 Å². The molecule has 17 heavy (non-hydrogen) atoms. The van der Waals surface area contributed by atoms with Crippen molar-refractivity contribution < 1.29 is 4.74 Å². The van der Waals surface area contributed by atoms with Crippen molar-refractivity contribution in [1.29, 1.82) is 0 Å². The molecule has 0 bridgehead atoms. The summed E-state index contributed by atoms with van der Waals surface area (Å²) in [6.07, 6.45) is 16.9. The Morgan fingerprint density at radius 2 is 1.06 bits per heavy atom. The zero-order valence-corrected chi connectivity index (χ0v) is 12.5. The normalized spacial score (nSPS) is 12.9. The van der Waals surface area contributed by atoms with Crippen LogP contribution < -0.4 is 0 Å². The van der Waals surface area contributed by atoms with Crippen molar-refractivity contribution in [3.05, 3.63) is 0 Å². The second kappa shape index (κ2) is 14.0. The smallest absolute Gasteiger partial charge is 0.0571 e. The summed E-state index contributed by atoms with van der Waals surface area (Å²) >= 11 is 0. The Balaban J connectivity index is 3.28. The molecule has 0 saturated carbocycles. The molecule has 0 rings (SSSR count). The van der Waals surface area contributed by atoms with Gasteiger partial charge in [-0.25, -0.2) is 0 Å². The zero-order valence-electron chi connectivity index (χ0n) is 12.5. The van der Waals surface area contributed by atoms with E-state index in [1.165, 1.54) is 77.0 Å². The van der Waals surface area contributed by atoms with Gasteiger partial charge in [0.05, 0.1) is 6.10 Å². The van der Waals surface area contributed by atoms with Gasteiger partial charge in [0.2, 0.25) is 0 Å². The van der Waals surface area contributed by atoms with Gasteiger partial charge in [-0.05, 0) is 12.8 Å². The molecule has 0 heterocycles. The Bertz CT molecular complexity index is 133. The molecule has 1 unspecified atom stereocenters. The lowest BCUT2D eigenvalue weighted by molar-refractivity contribution is 0.0832. The van der Waals surface area contributed by atoms with Crippen molar-refractivity contribution in [3.8, 4) is 0 Å². The van der Waals surface area contributed by atoms with Gasteiger partial charge in [0.15, 0.2) is 0 Å². The summed E-state index contributed by atoms with van der Waals surface area (Å²) in [5.74, 6) is 0. The molecule has 0 aliphatic heterocycles. The molecule has 0 spiro atoms. The Hall–Kier alpha value is -0.0400. The second-order valence-electron chi connectivity index (χ2n) is 5.26. The molecule has 0 aromatic rings. The van der Waals surface area contributed by atoms with Crippen LogP contribution in [0.5, 0.6) is 0 Å². The quantitative estimate of drug-likeness (QED) is 0.375. The lowest BCUT2D eigenvalue weighted by atomic mass is 10.0. The fraction of sp³-hybridized carbons (Fsp3) is 1.00. The van der Waals surface area contributed by atoms with Gasteiger partial charge in [-0.3, -0.25) is 0 Å². The highest BCUT2D eigenvalue weighted by Gasteiger charge is 2.06. The van der Waals surface area contributed by atoms with Crippen LogP contribution in [0.2, 0.25) is 0 Å². The first-order valence-corrected chi connectivity index (χ1v) is 7.87. The van der Waals surface area contributed by atoms with Crippen molar-refractivity contribution in [3.63, 3.8) is 0 Å². The van der Waals surface area contributed by atoms with E-state index in [-0.39, 0.29) is 0 Å². The molecule has 1 atom stereocenters. The molecule has 0 aliphatic carbocycles. The van der Waals surface area contributed by atoms with E-state index in [2.05, 4.69) is 13.8 Å². The second-order valence-corrected chi connectivity index (χ2v) is 5.26. The fourth-order valence-electron chi connectivity index (χ4n) is 2.33. The first-order chi connectivity index (χ1) is 8.35. The third-order valence-electron chi connectivity index (χ3n) is 3.59. The van der Waals surface area contributed by atoms with Gasteiger partial charge >= 0.3 is 0 Å². The standard InChI is InChI=1S/C16H34O/c1-4-6-8-10-11-13-15-16(17-3)14-12-9-7-5-2/h16H,4-15H2,1-3H3. The summed E-state index contributed by atoms with van der Waals surface area (Å²) < 4.78 is 5.56. The van der Waals surface area contributed by atoms with Gasteiger partial charge in [-0.2, -0.15) is 0 Å². The number of methoxy groups -OCH3 is 1. The van der Waals surface area contributed by atoms with Gasteiger partial charge in [0.25, 0.3) is 0 Å². The maximum atomic E-state index is 5.56. The Morgan fingerprint density at radius 1 is 0.647 bits per heavy atom. The minimum Gasteiger partial charge on any atom is -0.381 e. The van der Waals surface area contributed by atoms with E-state index in [9.17, 15) is 0 Å². The Kier molecular flexibility index (Phi) is 14.0. The lowest BCUT2D eigenvalue weighted by Gasteiger charge is -2.14. The maximum absolute atomic E-state index is 5.56. The molecule has 1 nitrogen and oxygen atoms in total. The summed E-state index contributed by atoms with van der Waals surface area (Å²) in [6.45, 7) is 4.54. The van der Waals surface area contributed by atoms with Gasteiger partial charge in [-0.1, -0.05) is 78.1 Å². The Morgan fingerprint density at radius 3 is 1.53 bits per heavy atom. The molecule has 0 N–H and O–H groups in total. The minimum absolute atomic E-state index is 0.526. The minimum atomic E-state index is 0.526. The largest absolute Gasteiger partial charge is 0.381 e. The first-order valence-electron chi connectivity index (χ1n) is 7.87. The number of unbranched alkanes of at least 4 members (excludes halogenated alkanes) is 8. The van der Waals surface area contributed by atoms with E-state index in [1.54, 1.807) is 0 Å². The van der Waals surface area contributed by atoms with Gasteiger partial charge in [0.1, 0.15) is 0 Å².